The first-order chi connectivity index (χ1) is 14.4. The molecule has 1 fully saturated rings. The van der Waals surface area contributed by atoms with Gasteiger partial charge >= 0.3 is 6.03 Å². The summed E-state index contributed by atoms with van der Waals surface area (Å²) in [6.45, 7) is 3.38. The molecule has 3 amide bonds. The fourth-order valence-electron chi connectivity index (χ4n) is 3.71. The number of hydrogen-bond acceptors (Lipinski definition) is 4. The molecule has 0 saturated carbocycles. The van der Waals surface area contributed by atoms with Crippen LogP contribution in [-0.4, -0.2) is 44.1 Å². The molecule has 0 aliphatic carbocycles. The highest BCUT2D eigenvalue weighted by Crippen LogP contribution is 2.32. The molecule has 0 unspecified atom stereocenters. The molecule has 3 rings (SSSR count). The van der Waals surface area contributed by atoms with Gasteiger partial charge in [-0.25, -0.2) is 4.79 Å². The Kier molecular flexibility index (Phi) is 6.82. The van der Waals surface area contributed by atoms with Gasteiger partial charge in [0.1, 0.15) is 0 Å². The smallest absolute Gasteiger partial charge is 0.321 e. The molecule has 2 aromatic carbocycles. The minimum Gasteiger partial charge on any atom is -0.493 e. The van der Waals surface area contributed by atoms with E-state index in [4.69, 9.17) is 9.47 Å². The van der Waals surface area contributed by atoms with Crippen LogP contribution in [0.1, 0.15) is 25.3 Å². The van der Waals surface area contributed by atoms with Gasteiger partial charge in [-0.05, 0) is 37.5 Å². The molecule has 7 heteroatoms. The normalized spacial score (nSPS) is 18.4. The topological polar surface area (TPSA) is 79.9 Å². The van der Waals surface area contributed by atoms with Crippen LogP contribution in [0.5, 0.6) is 11.5 Å². The molecule has 1 saturated heterocycles. The Morgan fingerprint density at radius 3 is 2.50 bits per heavy atom. The van der Waals surface area contributed by atoms with Crippen molar-refractivity contribution in [2.45, 2.75) is 26.3 Å². The Morgan fingerprint density at radius 2 is 1.80 bits per heavy atom. The lowest BCUT2D eigenvalue weighted by molar-refractivity contribution is -0.132. The molecule has 0 radical (unpaired) electrons. The first kappa shape index (κ1) is 21.5. The maximum absolute atomic E-state index is 12.9. The summed E-state index contributed by atoms with van der Waals surface area (Å²) >= 11 is 0. The molecule has 0 spiro atoms. The maximum Gasteiger partial charge on any atom is 0.321 e. The fourth-order valence-corrected chi connectivity index (χ4v) is 3.71. The molecule has 30 heavy (non-hydrogen) atoms. The van der Waals surface area contributed by atoms with Gasteiger partial charge in [0.25, 0.3) is 0 Å². The van der Waals surface area contributed by atoms with Crippen LogP contribution in [-0.2, 0) is 11.3 Å². The van der Waals surface area contributed by atoms with E-state index < -0.39 is 5.41 Å². The predicted octanol–water partition coefficient (Wildman–Crippen LogP) is 3.65. The van der Waals surface area contributed by atoms with Crippen LogP contribution in [0.4, 0.5) is 10.5 Å². The van der Waals surface area contributed by atoms with E-state index in [-0.39, 0.29) is 11.9 Å². The minimum absolute atomic E-state index is 0.0324. The lowest BCUT2D eigenvalue weighted by atomic mass is 9.81. The van der Waals surface area contributed by atoms with Crippen molar-refractivity contribution in [3.05, 3.63) is 54.1 Å². The van der Waals surface area contributed by atoms with E-state index in [1.807, 2.05) is 37.3 Å². The van der Waals surface area contributed by atoms with Crippen molar-refractivity contribution in [2.24, 2.45) is 5.41 Å². The van der Waals surface area contributed by atoms with E-state index in [1.165, 1.54) is 0 Å². The highest BCUT2D eigenvalue weighted by molar-refractivity contribution is 5.91. The van der Waals surface area contributed by atoms with Crippen molar-refractivity contribution >= 4 is 17.6 Å². The van der Waals surface area contributed by atoms with Crippen molar-refractivity contribution in [1.82, 2.24) is 10.2 Å². The predicted molar refractivity (Wildman–Crippen MR) is 116 cm³/mol. The zero-order valence-corrected chi connectivity index (χ0v) is 17.7. The monoisotopic (exact) mass is 411 g/mol. The third kappa shape index (κ3) is 5.03. The largest absolute Gasteiger partial charge is 0.493 e. The van der Waals surface area contributed by atoms with Crippen molar-refractivity contribution in [2.75, 3.05) is 32.6 Å². The molecule has 2 aromatic rings. The number of carbonyl (C=O) groups excluding carboxylic acids is 2. The second-order valence-corrected chi connectivity index (χ2v) is 7.75. The molecule has 0 aromatic heterocycles. The summed E-state index contributed by atoms with van der Waals surface area (Å²) < 4.78 is 10.5. The standard InChI is InChI=1S/C23H29N3O4/c1-23(21(27)24-15-17-8-5-4-6-9-17)12-7-13-26(16-23)22(28)25-18-10-11-19(29-2)20(14-18)30-3/h4-6,8-11,14H,7,12-13,15-16H2,1-3H3,(H,24,27)(H,25,28)/t23-/m0/s1. The highest BCUT2D eigenvalue weighted by atomic mass is 16.5. The number of rotatable bonds is 6. The number of anilines is 1. The number of piperidine rings is 1. The lowest BCUT2D eigenvalue weighted by Crippen LogP contribution is -2.52. The second-order valence-electron chi connectivity index (χ2n) is 7.75. The van der Waals surface area contributed by atoms with E-state index in [0.29, 0.717) is 36.8 Å². The number of ether oxygens (including phenoxy) is 2. The molecular weight excluding hydrogens is 382 g/mol. The van der Waals surface area contributed by atoms with E-state index in [9.17, 15) is 9.59 Å². The minimum atomic E-state index is -0.623. The van der Waals surface area contributed by atoms with Crippen LogP contribution in [0.2, 0.25) is 0 Å². The SMILES string of the molecule is COc1ccc(NC(=O)N2CCC[C@](C)(C(=O)NCc3ccccc3)C2)cc1OC. The van der Waals surface area contributed by atoms with Crippen molar-refractivity contribution in [3.8, 4) is 11.5 Å². The molecule has 7 nitrogen and oxygen atoms in total. The van der Waals surface area contributed by atoms with E-state index in [0.717, 1.165) is 18.4 Å². The van der Waals surface area contributed by atoms with Gasteiger partial charge in [-0.1, -0.05) is 30.3 Å². The average Bonchev–Trinajstić information content (AvgIpc) is 2.78. The molecule has 1 heterocycles. The number of likely N-dealkylation sites (tertiary alicyclic amines) is 1. The first-order valence-corrected chi connectivity index (χ1v) is 10.1. The Labute approximate surface area is 177 Å². The van der Waals surface area contributed by atoms with Crippen LogP contribution in [0.15, 0.2) is 48.5 Å². The van der Waals surface area contributed by atoms with Gasteiger partial charge in [-0.15, -0.1) is 0 Å². The Hall–Kier alpha value is -3.22. The van der Waals surface area contributed by atoms with Gasteiger partial charge in [0, 0.05) is 31.4 Å². The summed E-state index contributed by atoms with van der Waals surface area (Å²) in [4.78, 5) is 27.4. The second kappa shape index (κ2) is 9.52. The lowest BCUT2D eigenvalue weighted by Gasteiger charge is -2.39. The van der Waals surface area contributed by atoms with Gasteiger partial charge < -0.3 is 25.0 Å². The van der Waals surface area contributed by atoms with Gasteiger partial charge in [0.15, 0.2) is 11.5 Å². The molecule has 1 aliphatic rings. The number of benzene rings is 2. The number of urea groups is 1. The maximum atomic E-state index is 12.9. The molecule has 1 atom stereocenters. The molecule has 0 bridgehead atoms. The first-order valence-electron chi connectivity index (χ1n) is 10.1. The summed E-state index contributed by atoms with van der Waals surface area (Å²) in [7, 11) is 3.11. The van der Waals surface area contributed by atoms with Crippen LogP contribution in [0.25, 0.3) is 0 Å². The van der Waals surface area contributed by atoms with Crippen LogP contribution < -0.4 is 20.1 Å². The van der Waals surface area contributed by atoms with Gasteiger partial charge in [0.05, 0.1) is 19.6 Å². The number of amides is 3. The zero-order chi connectivity index (χ0) is 21.6. The van der Waals surface area contributed by atoms with Crippen LogP contribution in [0.3, 0.4) is 0 Å². The summed E-state index contributed by atoms with van der Waals surface area (Å²) in [5, 5.41) is 5.91. The number of hydrogen-bond donors (Lipinski definition) is 2. The fraction of sp³-hybridized carbons (Fsp3) is 0.391. The van der Waals surface area contributed by atoms with Crippen LogP contribution in [0, 0.1) is 5.41 Å². The quantitative estimate of drug-likeness (QED) is 0.760. The summed E-state index contributed by atoms with van der Waals surface area (Å²) in [5.41, 5.74) is 1.04. The zero-order valence-electron chi connectivity index (χ0n) is 17.7. The average molecular weight is 412 g/mol. The van der Waals surface area contributed by atoms with E-state index >= 15 is 0 Å². The van der Waals surface area contributed by atoms with Crippen molar-refractivity contribution in [3.63, 3.8) is 0 Å². The molecule has 1 aliphatic heterocycles. The third-order valence-electron chi connectivity index (χ3n) is 5.46. The summed E-state index contributed by atoms with van der Waals surface area (Å²) in [5.74, 6) is 1.10. The number of nitrogens with one attached hydrogen (secondary N) is 2. The van der Waals surface area contributed by atoms with E-state index in [1.54, 1.807) is 37.3 Å². The summed E-state index contributed by atoms with van der Waals surface area (Å²) in [6, 6.07) is 14.8. The highest BCUT2D eigenvalue weighted by Gasteiger charge is 2.39. The van der Waals surface area contributed by atoms with Gasteiger partial charge in [-0.2, -0.15) is 0 Å². The third-order valence-corrected chi connectivity index (χ3v) is 5.46. The molecule has 160 valence electrons. The summed E-state index contributed by atoms with van der Waals surface area (Å²) in [6.07, 6.45) is 1.52. The Bertz CT molecular complexity index is 887. The van der Waals surface area contributed by atoms with Gasteiger partial charge in [-0.3, -0.25) is 4.79 Å². The Morgan fingerprint density at radius 1 is 1.07 bits per heavy atom. The number of nitrogens with zero attached hydrogens (tertiary/aromatic N) is 1. The number of carbonyl (C=O) groups is 2. The van der Waals surface area contributed by atoms with Crippen molar-refractivity contribution < 1.29 is 19.1 Å². The van der Waals surface area contributed by atoms with Gasteiger partial charge in [0.2, 0.25) is 5.91 Å². The molecular formula is C23H29N3O4. The van der Waals surface area contributed by atoms with Crippen molar-refractivity contribution in [1.29, 1.82) is 0 Å². The molecule has 2 N–H and O–H groups in total. The Balaban J connectivity index is 1.61. The number of methoxy groups -OCH3 is 2. The van der Waals surface area contributed by atoms with Crippen LogP contribution >= 0.6 is 0 Å². The van der Waals surface area contributed by atoms with E-state index in [2.05, 4.69) is 10.6 Å².